The Morgan fingerprint density at radius 3 is 2.61 bits per heavy atom. The third kappa shape index (κ3) is 5.52. The molecule has 1 atom stereocenters. The molecule has 3 N–H and O–H groups in total. The van der Waals surface area contributed by atoms with Crippen LogP contribution in [0.1, 0.15) is 25.0 Å². The van der Waals surface area contributed by atoms with Gasteiger partial charge in [-0.3, -0.25) is 4.79 Å². The van der Waals surface area contributed by atoms with Crippen LogP contribution in [0.25, 0.3) is 0 Å². The summed E-state index contributed by atoms with van der Waals surface area (Å²) in [4.78, 5) is 11.6. The first-order chi connectivity index (χ1) is 8.00. The quantitative estimate of drug-likeness (QED) is 0.861. The lowest BCUT2D eigenvalue weighted by molar-refractivity contribution is -0.123. The maximum absolute atomic E-state index is 11.6. The Morgan fingerprint density at radius 2 is 2.06 bits per heavy atom. The summed E-state index contributed by atoms with van der Waals surface area (Å²) in [5.41, 5.74) is 8.23. The maximum Gasteiger partial charge on any atom is 0.237 e. The van der Waals surface area contributed by atoms with Crippen LogP contribution in [-0.4, -0.2) is 18.5 Å². The number of halogens is 1. The molecule has 0 saturated heterocycles. The molecule has 0 aromatic heterocycles. The zero-order valence-electron chi connectivity index (χ0n) is 11.3. The zero-order valence-corrected chi connectivity index (χ0v) is 12.1. The van der Waals surface area contributed by atoms with Gasteiger partial charge < -0.3 is 11.1 Å². The molecular weight excluding hydrogens is 248 g/mol. The Balaban J connectivity index is 0.00000289. The third-order valence-corrected chi connectivity index (χ3v) is 2.82. The van der Waals surface area contributed by atoms with Crippen molar-refractivity contribution in [1.82, 2.24) is 5.32 Å². The molecule has 0 spiro atoms. The van der Waals surface area contributed by atoms with Crippen molar-refractivity contribution in [1.29, 1.82) is 0 Å². The molecule has 18 heavy (non-hydrogen) atoms. The Bertz CT molecular complexity index is 380. The number of nitrogens with one attached hydrogen (secondary N) is 1. The van der Waals surface area contributed by atoms with Crippen molar-refractivity contribution in [3.63, 3.8) is 0 Å². The molecular formula is C14H23ClN2O. The highest BCUT2D eigenvalue weighted by Gasteiger charge is 2.16. The van der Waals surface area contributed by atoms with E-state index in [1.54, 1.807) is 0 Å². The van der Waals surface area contributed by atoms with Gasteiger partial charge in [0.05, 0.1) is 6.04 Å². The van der Waals surface area contributed by atoms with E-state index in [4.69, 9.17) is 5.73 Å². The molecule has 3 nitrogen and oxygen atoms in total. The van der Waals surface area contributed by atoms with Crippen LogP contribution in [0.2, 0.25) is 0 Å². The van der Waals surface area contributed by atoms with Crippen LogP contribution in [-0.2, 0) is 11.2 Å². The van der Waals surface area contributed by atoms with Crippen molar-refractivity contribution in [2.75, 3.05) is 6.54 Å². The fraction of sp³-hybridized carbons (Fsp3) is 0.500. The van der Waals surface area contributed by atoms with Crippen molar-refractivity contribution >= 4 is 18.3 Å². The molecule has 1 rings (SSSR count). The molecule has 0 radical (unpaired) electrons. The highest BCUT2D eigenvalue weighted by molar-refractivity contribution is 5.85. The molecule has 1 unspecified atom stereocenters. The van der Waals surface area contributed by atoms with Crippen LogP contribution in [0.4, 0.5) is 0 Å². The highest BCUT2D eigenvalue weighted by Crippen LogP contribution is 2.04. The van der Waals surface area contributed by atoms with Gasteiger partial charge in [-0.1, -0.05) is 43.7 Å². The largest absolute Gasteiger partial charge is 0.354 e. The molecule has 0 aliphatic rings. The molecule has 0 saturated carbocycles. The third-order valence-electron chi connectivity index (χ3n) is 2.82. The van der Waals surface area contributed by atoms with Gasteiger partial charge in [-0.05, 0) is 24.8 Å². The first-order valence-corrected chi connectivity index (χ1v) is 6.09. The van der Waals surface area contributed by atoms with Crippen LogP contribution in [0.3, 0.4) is 0 Å². The molecule has 4 heteroatoms. The molecule has 1 aromatic carbocycles. The van der Waals surface area contributed by atoms with E-state index in [1.807, 2.05) is 19.9 Å². The van der Waals surface area contributed by atoms with Crippen molar-refractivity contribution in [2.24, 2.45) is 11.7 Å². The van der Waals surface area contributed by atoms with Crippen molar-refractivity contribution in [2.45, 2.75) is 33.2 Å². The average Bonchev–Trinajstić information content (AvgIpc) is 2.27. The predicted molar refractivity (Wildman–Crippen MR) is 78.0 cm³/mol. The van der Waals surface area contributed by atoms with E-state index < -0.39 is 6.04 Å². The van der Waals surface area contributed by atoms with Crippen molar-refractivity contribution < 1.29 is 4.79 Å². The maximum atomic E-state index is 11.6. The molecule has 0 fully saturated rings. The van der Waals surface area contributed by atoms with Crippen LogP contribution in [0.15, 0.2) is 24.3 Å². The van der Waals surface area contributed by atoms with Crippen LogP contribution in [0, 0.1) is 12.8 Å². The molecule has 0 heterocycles. The van der Waals surface area contributed by atoms with Gasteiger partial charge in [0.2, 0.25) is 5.91 Å². The number of amides is 1. The SMILES string of the molecule is Cc1cccc(CCNC(=O)C(N)C(C)C)c1.Cl. The Labute approximate surface area is 116 Å². The lowest BCUT2D eigenvalue weighted by atomic mass is 10.0. The number of hydrogen-bond acceptors (Lipinski definition) is 2. The minimum atomic E-state index is -0.410. The van der Waals surface area contributed by atoms with Gasteiger partial charge in [-0.2, -0.15) is 0 Å². The molecule has 102 valence electrons. The van der Waals surface area contributed by atoms with E-state index in [-0.39, 0.29) is 24.2 Å². The Morgan fingerprint density at radius 1 is 1.39 bits per heavy atom. The summed E-state index contributed by atoms with van der Waals surface area (Å²) < 4.78 is 0. The van der Waals surface area contributed by atoms with Crippen LogP contribution in [0.5, 0.6) is 0 Å². The zero-order chi connectivity index (χ0) is 12.8. The molecule has 1 aromatic rings. The fourth-order valence-electron chi connectivity index (χ4n) is 1.62. The second kappa shape index (κ2) is 8.11. The van der Waals surface area contributed by atoms with E-state index in [0.717, 1.165) is 6.42 Å². The standard InChI is InChI=1S/C14H22N2O.ClH/c1-10(2)13(15)14(17)16-8-7-12-6-4-5-11(3)9-12;/h4-6,9-10,13H,7-8,15H2,1-3H3,(H,16,17);1H. The summed E-state index contributed by atoms with van der Waals surface area (Å²) in [6.07, 6.45) is 0.845. The summed E-state index contributed by atoms with van der Waals surface area (Å²) >= 11 is 0. The number of aryl methyl sites for hydroxylation is 1. The normalized spacial score (nSPS) is 11.8. The second-order valence-corrected chi connectivity index (χ2v) is 4.80. The minimum Gasteiger partial charge on any atom is -0.354 e. The van der Waals surface area contributed by atoms with Gasteiger partial charge >= 0.3 is 0 Å². The first kappa shape index (κ1) is 16.9. The van der Waals surface area contributed by atoms with E-state index in [0.29, 0.717) is 6.54 Å². The minimum absolute atomic E-state index is 0. The van der Waals surface area contributed by atoms with E-state index in [1.165, 1.54) is 11.1 Å². The van der Waals surface area contributed by atoms with E-state index >= 15 is 0 Å². The lowest BCUT2D eigenvalue weighted by Gasteiger charge is -2.15. The smallest absolute Gasteiger partial charge is 0.237 e. The topological polar surface area (TPSA) is 55.1 Å². The van der Waals surface area contributed by atoms with Crippen molar-refractivity contribution in [3.05, 3.63) is 35.4 Å². The highest BCUT2D eigenvalue weighted by atomic mass is 35.5. The number of benzene rings is 1. The fourth-order valence-corrected chi connectivity index (χ4v) is 1.62. The Kier molecular flexibility index (Phi) is 7.64. The van der Waals surface area contributed by atoms with Gasteiger partial charge in [-0.15, -0.1) is 12.4 Å². The summed E-state index contributed by atoms with van der Waals surface area (Å²) in [7, 11) is 0. The summed E-state index contributed by atoms with van der Waals surface area (Å²) in [5.74, 6) is 0.113. The van der Waals surface area contributed by atoms with Crippen LogP contribution < -0.4 is 11.1 Å². The number of carbonyl (C=O) groups is 1. The second-order valence-electron chi connectivity index (χ2n) is 4.80. The van der Waals surface area contributed by atoms with Crippen LogP contribution >= 0.6 is 12.4 Å². The lowest BCUT2D eigenvalue weighted by Crippen LogP contribution is -2.44. The van der Waals surface area contributed by atoms with Gasteiger partial charge in [0.25, 0.3) is 0 Å². The number of rotatable bonds is 5. The Hall–Kier alpha value is -1.06. The van der Waals surface area contributed by atoms with Gasteiger partial charge in [0.15, 0.2) is 0 Å². The molecule has 0 bridgehead atoms. The molecule has 0 aliphatic heterocycles. The van der Waals surface area contributed by atoms with Gasteiger partial charge in [-0.25, -0.2) is 0 Å². The summed E-state index contributed by atoms with van der Waals surface area (Å²) in [5, 5.41) is 2.87. The van der Waals surface area contributed by atoms with Crippen molar-refractivity contribution in [3.8, 4) is 0 Å². The average molecular weight is 271 g/mol. The van der Waals surface area contributed by atoms with E-state index in [2.05, 4.69) is 30.4 Å². The van der Waals surface area contributed by atoms with Gasteiger partial charge in [0.1, 0.15) is 0 Å². The first-order valence-electron chi connectivity index (χ1n) is 6.09. The summed E-state index contributed by atoms with van der Waals surface area (Å²) in [6.45, 7) is 6.61. The number of carbonyl (C=O) groups excluding carboxylic acids is 1. The number of nitrogens with two attached hydrogens (primary N) is 1. The number of hydrogen-bond donors (Lipinski definition) is 2. The molecule has 0 aliphatic carbocycles. The summed E-state index contributed by atoms with van der Waals surface area (Å²) in [6, 6.07) is 7.90. The van der Waals surface area contributed by atoms with Gasteiger partial charge in [0, 0.05) is 6.54 Å². The molecule has 1 amide bonds. The predicted octanol–water partition coefficient (Wildman–Crippen LogP) is 2.06. The van der Waals surface area contributed by atoms with E-state index in [9.17, 15) is 4.79 Å². The monoisotopic (exact) mass is 270 g/mol.